The summed E-state index contributed by atoms with van der Waals surface area (Å²) in [6, 6.07) is 0. The van der Waals surface area contributed by atoms with Crippen molar-refractivity contribution in [1.82, 2.24) is 5.32 Å². The van der Waals surface area contributed by atoms with Crippen LogP contribution in [0, 0.1) is 11.3 Å². The highest BCUT2D eigenvalue weighted by atomic mass is 14.8. The number of rotatable bonds is 10. The molecule has 1 nitrogen and oxygen atoms in total. The van der Waals surface area contributed by atoms with Crippen molar-refractivity contribution >= 4 is 0 Å². The molecule has 0 aromatic carbocycles. The van der Waals surface area contributed by atoms with Crippen molar-refractivity contribution in [1.29, 1.82) is 0 Å². The predicted octanol–water partition coefficient (Wildman–Crippen LogP) is 5.51. The summed E-state index contributed by atoms with van der Waals surface area (Å²) in [6.45, 7) is 19.7. The monoisotopic (exact) mass is 277 g/mol. The third-order valence-corrected chi connectivity index (χ3v) is 4.26. The Bertz CT molecular complexity index is 334. The Balaban J connectivity index is 4.56. The van der Waals surface area contributed by atoms with E-state index in [1.165, 1.54) is 24.0 Å². The summed E-state index contributed by atoms with van der Waals surface area (Å²) >= 11 is 0. The van der Waals surface area contributed by atoms with Crippen LogP contribution in [-0.4, -0.2) is 13.1 Å². The van der Waals surface area contributed by atoms with Gasteiger partial charge in [-0.15, -0.1) is 0 Å². The van der Waals surface area contributed by atoms with Crippen molar-refractivity contribution in [2.75, 3.05) is 13.1 Å². The highest BCUT2D eigenvalue weighted by molar-refractivity contribution is 5.26. The second-order valence-corrected chi connectivity index (χ2v) is 6.55. The van der Waals surface area contributed by atoms with Gasteiger partial charge >= 0.3 is 0 Å². The Morgan fingerprint density at radius 2 is 1.90 bits per heavy atom. The summed E-state index contributed by atoms with van der Waals surface area (Å²) in [5, 5.41) is 3.49. The van der Waals surface area contributed by atoms with E-state index in [0.717, 1.165) is 19.5 Å². The number of hydrogen-bond acceptors (Lipinski definition) is 1. The van der Waals surface area contributed by atoms with E-state index >= 15 is 0 Å². The zero-order valence-electron chi connectivity index (χ0n) is 14.6. The number of hydrogen-bond donors (Lipinski definition) is 1. The van der Waals surface area contributed by atoms with Gasteiger partial charge in [0.25, 0.3) is 0 Å². The van der Waals surface area contributed by atoms with Gasteiger partial charge in [-0.05, 0) is 56.2 Å². The molecule has 0 aromatic heterocycles. The quantitative estimate of drug-likeness (QED) is 0.410. The maximum Gasteiger partial charge on any atom is -0.00200 e. The SMILES string of the molecule is C=C/C(=C\C=C(/C)C(C)(C)CC)CC(C)CNCCC. The van der Waals surface area contributed by atoms with Crippen LogP contribution in [0.3, 0.4) is 0 Å². The summed E-state index contributed by atoms with van der Waals surface area (Å²) < 4.78 is 0. The van der Waals surface area contributed by atoms with Crippen LogP contribution in [0.15, 0.2) is 36.0 Å². The summed E-state index contributed by atoms with van der Waals surface area (Å²) in [6.07, 6.45) is 9.98. The Hall–Kier alpha value is -0.820. The average Bonchev–Trinajstić information content (AvgIpc) is 2.43. The first-order chi connectivity index (χ1) is 9.37. The Labute approximate surface area is 127 Å². The van der Waals surface area contributed by atoms with E-state index < -0.39 is 0 Å². The highest BCUT2D eigenvalue weighted by Crippen LogP contribution is 2.29. The lowest BCUT2D eigenvalue weighted by atomic mass is 9.82. The molecule has 0 saturated carbocycles. The van der Waals surface area contributed by atoms with E-state index in [9.17, 15) is 0 Å². The van der Waals surface area contributed by atoms with Gasteiger partial charge in [0.15, 0.2) is 0 Å². The summed E-state index contributed by atoms with van der Waals surface area (Å²) in [7, 11) is 0. The molecule has 0 heterocycles. The van der Waals surface area contributed by atoms with Gasteiger partial charge in [0.05, 0.1) is 0 Å². The van der Waals surface area contributed by atoms with Crippen molar-refractivity contribution in [3.63, 3.8) is 0 Å². The molecule has 0 radical (unpaired) electrons. The van der Waals surface area contributed by atoms with Gasteiger partial charge in [-0.25, -0.2) is 0 Å². The molecule has 0 aromatic rings. The van der Waals surface area contributed by atoms with Crippen molar-refractivity contribution < 1.29 is 0 Å². The lowest BCUT2D eigenvalue weighted by Gasteiger charge is -2.23. The molecule has 1 atom stereocenters. The van der Waals surface area contributed by atoms with Gasteiger partial charge < -0.3 is 5.32 Å². The Morgan fingerprint density at radius 3 is 2.40 bits per heavy atom. The molecule has 116 valence electrons. The molecule has 0 rings (SSSR count). The van der Waals surface area contributed by atoms with Crippen LogP contribution in [0.4, 0.5) is 0 Å². The standard InChI is InChI=1S/C19H35N/c1-8-13-20-15-16(4)14-18(9-2)12-11-17(5)19(6,7)10-3/h9,11-12,16,20H,2,8,10,13-15H2,1,3-7H3/b17-11+,18-12+. The van der Waals surface area contributed by atoms with Gasteiger partial charge in [0.1, 0.15) is 0 Å². The fourth-order valence-electron chi connectivity index (χ4n) is 1.96. The Morgan fingerprint density at radius 1 is 1.25 bits per heavy atom. The largest absolute Gasteiger partial charge is 0.316 e. The van der Waals surface area contributed by atoms with E-state index in [0.29, 0.717) is 5.92 Å². The fourth-order valence-corrected chi connectivity index (χ4v) is 1.96. The average molecular weight is 277 g/mol. The molecular weight excluding hydrogens is 242 g/mol. The van der Waals surface area contributed by atoms with Crippen molar-refractivity contribution in [2.24, 2.45) is 11.3 Å². The lowest BCUT2D eigenvalue weighted by Crippen LogP contribution is -2.22. The molecule has 0 spiro atoms. The van der Waals surface area contributed by atoms with Crippen LogP contribution >= 0.6 is 0 Å². The molecule has 0 aliphatic heterocycles. The number of nitrogens with one attached hydrogen (secondary N) is 1. The van der Waals surface area contributed by atoms with Gasteiger partial charge in [0, 0.05) is 0 Å². The zero-order valence-corrected chi connectivity index (χ0v) is 14.6. The van der Waals surface area contributed by atoms with Gasteiger partial charge in [0.2, 0.25) is 0 Å². The molecule has 0 amide bonds. The second-order valence-electron chi connectivity index (χ2n) is 6.55. The fraction of sp³-hybridized carbons (Fsp3) is 0.684. The molecule has 0 aliphatic carbocycles. The maximum atomic E-state index is 3.95. The summed E-state index contributed by atoms with van der Waals surface area (Å²) in [5.74, 6) is 0.652. The minimum absolute atomic E-state index is 0.289. The first-order valence-corrected chi connectivity index (χ1v) is 8.08. The lowest BCUT2D eigenvalue weighted by molar-refractivity contribution is 0.429. The zero-order chi connectivity index (χ0) is 15.6. The third kappa shape index (κ3) is 7.69. The molecule has 0 bridgehead atoms. The topological polar surface area (TPSA) is 12.0 Å². The molecular formula is C19H35N. The molecule has 1 unspecified atom stereocenters. The Kier molecular flexibility index (Phi) is 9.58. The van der Waals surface area contributed by atoms with E-state index in [4.69, 9.17) is 0 Å². The first kappa shape index (κ1) is 19.2. The predicted molar refractivity (Wildman–Crippen MR) is 93.1 cm³/mol. The van der Waals surface area contributed by atoms with Crippen LogP contribution in [0.2, 0.25) is 0 Å². The third-order valence-electron chi connectivity index (χ3n) is 4.26. The minimum atomic E-state index is 0.289. The first-order valence-electron chi connectivity index (χ1n) is 8.08. The molecule has 0 fully saturated rings. The molecule has 1 heteroatoms. The molecule has 0 saturated heterocycles. The van der Waals surface area contributed by atoms with Crippen molar-refractivity contribution in [2.45, 2.75) is 60.8 Å². The number of allylic oxidation sites excluding steroid dienone is 5. The van der Waals surface area contributed by atoms with E-state index in [1.807, 2.05) is 6.08 Å². The van der Waals surface area contributed by atoms with Crippen LogP contribution in [0.5, 0.6) is 0 Å². The highest BCUT2D eigenvalue weighted by Gasteiger charge is 2.16. The van der Waals surface area contributed by atoms with Gasteiger partial charge in [-0.2, -0.15) is 0 Å². The van der Waals surface area contributed by atoms with E-state index in [2.05, 4.69) is 65.6 Å². The molecule has 0 aliphatic rings. The summed E-state index contributed by atoms with van der Waals surface area (Å²) in [5.41, 5.74) is 3.06. The van der Waals surface area contributed by atoms with Crippen molar-refractivity contribution in [3.8, 4) is 0 Å². The molecule has 1 N–H and O–H groups in total. The smallest absolute Gasteiger partial charge is 0.00200 e. The van der Waals surface area contributed by atoms with Crippen LogP contribution in [0.1, 0.15) is 60.8 Å². The second kappa shape index (κ2) is 9.99. The van der Waals surface area contributed by atoms with Gasteiger partial charge in [-0.1, -0.05) is 65.0 Å². The van der Waals surface area contributed by atoms with Crippen LogP contribution in [-0.2, 0) is 0 Å². The normalized spacial score (nSPS) is 15.3. The van der Waals surface area contributed by atoms with Crippen LogP contribution in [0.25, 0.3) is 0 Å². The minimum Gasteiger partial charge on any atom is -0.316 e. The van der Waals surface area contributed by atoms with Crippen LogP contribution < -0.4 is 5.32 Å². The maximum absolute atomic E-state index is 3.95. The van der Waals surface area contributed by atoms with E-state index in [-0.39, 0.29) is 5.41 Å². The molecule has 20 heavy (non-hydrogen) atoms. The summed E-state index contributed by atoms with van der Waals surface area (Å²) in [4.78, 5) is 0. The van der Waals surface area contributed by atoms with E-state index in [1.54, 1.807) is 0 Å². The van der Waals surface area contributed by atoms with Crippen molar-refractivity contribution in [3.05, 3.63) is 36.0 Å². The van der Waals surface area contributed by atoms with Gasteiger partial charge in [-0.3, -0.25) is 0 Å².